The Bertz CT molecular complexity index is 596. The summed E-state index contributed by atoms with van der Waals surface area (Å²) in [5.41, 5.74) is 2.04. The maximum atomic E-state index is 12.2. The highest BCUT2D eigenvalue weighted by atomic mass is 16.5. The Balaban J connectivity index is 1.75. The molecule has 1 saturated carbocycles. The average Bonchev–Trinajstić information content (AvgIpc) is 3.19. The van der Waals surface area contributed by atoms with Crippen LogP contribution < -0.4 is 5.32 Å². The third-order valence-corrected chi connectivity index (χ3v) is 3.72. The van der Waals surface area contributed by atoms with Crippen LogP contribution in [0.15, 0.2) is 21.5 Å². The highest BCUT2D eigenvalue weighted by Gasteiger charge is 2.26. The van der Waals surface area contributed by atoms with E-state index in [0.29, 0.717) is 11.5 Å². The first-order valence-electron chi connectivity index (χ1n) is 6.98. The molecule has 0 bridgehead atoms. The molecule has 6 nitrogen and oxygen atoms in total. The van der Waals surface area contributed by atoms with Crippen molar-refractivity contribution in [1.82, 2.24) is 10.1 Å². The highest BCUT2D eigenvalue weighted by molar-refractivity contribution is 6.03. The summed E-state index contributed by atoms with van der Waals surface area (Å²) in [6, 6.07) is 0.213. The topological polar surface area (TPSA) is 81.2 Å². The molecule has 1 aliphatic carbocycles. The lowest BCUT2D eigenvalue weighted by molar-refractivity contribution is 0.102. The molecule has 6 heteroatoms. The minimum atomic E-state index is -0.280. The normalized spacial score (nSPS) is 15.7. The van der Waals surface area contributed by atoms with Crippen molar-refractivity contribution < 1.29 is 13.7 Å². The number of nitrogens with one attached hydrogen (secondary N) is 1. The van der Waals surface area contributed by atoms with Crippen LogP contribution in [0, 0.1) is 0 Å². The van der Waals surface area contributed by atoms with Crippen molar-refractivity contribution in [2.75, 3.05) is 5.32 Å². The van der Waals surface area contributed by atoms with Gasteiger partial charge in [0, 0.05) is 5.92 Å². The molecule has 0 aliphatic heterocycles. The van der Waals surface area contributed by atoms with Crippen LogP contribution in [-0.4, -0.2) is 16.0 Å². The van der Waals surface area contributed by atoms with Crippen molar-refractivity contribution in [1.29, 1.82) is 0 Å². The molecule has 1 aliphatic rings. The molecule has 0 saturated heterocycles. The molecule has 0 atom stereocenters. The lowest BCUT2D eigenvalue weighted by Gasteiger charge is -2.06. The minimum absolute atomic E-state index is 0.213. The summed E-state index contributed by atoms with van der Waals surface area (Å²) in [5, 5.41) is 6.64. The number of oxazole rings is 1. The van der Waals surface area contributed by atoms with E-state index in [9.17, 15) is 4.79 Å². The van der Waals surface area contributed by atoms with Crippen LogP contribution in [0.3, 0.4) is 0 Å². The van der Waals surface area contributed by atoms with E-state index < -0.39 is 0 Å². The lowest BCUT2D eigenvalue weighted by Crippen LogP contribution is -2.14. The predicted octanol–water partition coefficient (Wildman–Crippen LogP) is 3.13. The van der Waals surface area contributed by atoms with E-state index in [2.05, 4.69) is 15.5 Å². The summed E-state index contributed by atoms with van der Waals surface area (Å²) >= 11 is 0. The van der Waals surface area contributed by atoms with Gasteiger partial charge in [0.2, 0.25) is 0 Å². The number of aryl methyl sites for hydroxylation is 1. The Labute approximate surface area is 116 Å². The fourth-order valence-corrected chi connectivity index (χ4v) is 2.60. The quantitative estimate of drug-likeness (QED) is 0.927. The van der Waals surface area contributed by atoms with Crippen LogP contribution >= 0.6 is 0 Å². The molecule has 0 aromatic carbocycles. The Morgan fingerprint density at radius 3 is 2.90 bits per heavy atom. The summed E-state index contributed by atoms with van der Waals surface area (Å²) in [6.07, 6.45) is 8.18. The molecule has 0 spiro atoms. The molecular weight excluding hydrogens is 258 g/mol. The summed E-state index contributed by atoms with van der Waals surface area (Å²) in [6.45, 7) is 1.97. The molecule has 3 rings (SSSR count). The van der Waals surface area contributed by atoms with Gasteiger partial charge < -0.3 is 8.94 Å². The van der Waals surface area contributed by atoms with Gasteiger partial charge in [-0.15, -0.1) is 0 Å². The molecule has 2 aromatic rings. The molecule has 0 radical (unpaired) electrons. The number of anilines is 1. The SMILES string of the molecule is CCc1coc(NC(=O)c2conc2C2CCCC2)n1. The lowest BCUT2D eigenvalue weighted by atomic mass is 10.0. The Morgan fingerprint density at radius 1 is 1.40 bits per heavy atom. The van der Waals surface area contributed by atoms with E-state index in [4.69, 9.17) is 8.94 Å². The van der Waals surface area contributed by atoms with Crippen molar-refractivity contribution in [3.05, 3.63) is 29.5 Å². The zero-order valence-electron chi connectivity index (χ0n) is 11.4. The van der Waals surface area contributed by atoms with Crippen LogP contribution in [0.25, 0.3) is 0 Å². The van der Waals surface area contributed by atoms with Gasteiger partial charge in [0.05, 0.1) is 11.4 Å². The van der Waals surface area contributed by atoms with Crippen LogP contribution in [0.2, 0.25) is 0 Å². The standard InChI is InChI=1S/C14H17N3O3/c1-2-10-7-19-14(15-10)16-13(18)11-8-20-17-12(11)9-5-3-4-6-9/h7-9H,2-6H2,1H3,(H,15,16,18). The van der Waals surface area contributed by atoms with E-state index in [1.807, 2.05) is 6.92 Å². The van der Waals surface area contributed by atoms with Crippen molar-refractivity contribution in [3.8, 4) is 0 Å². The zero-order chi connectivity index (χ0) is 13.9. The summed E-state index contributed by atoms with van der Waals surface area (Å²) in [7, 11) is 0. The van der Waals surface area contributed by atoms with Crippen molar-refractivity contribution in [3.63, 3.8) is 0 Å². The van der Waals surface area contributed by atoms with E-state index in [0.717, 1.165) is 30.7 Å². The van der Waals surface area contributed by atoms with Crippen molar-refractivity contribution in [2.45, 2.75) is 44.9 Å². The Kier molecular flexibility index (Phi) is 3.54. The molecular formula is C14H17N3O3. The first kappa shape index (κ1) is 12.9. The zero-order valence-corrected chi connectivity index (χ0v) is 11.4. The third-order valence-electron chi connectivity index (χ3n) is 3.72. The third kappa shape index (κ3) is 2.45. The maximum Gasteiger partial charge on any atom is 0.301 e. The van der Waals surface area contributed by atoms with Crippen LogP contribution in [-0.2, 0) is 6.42 Å². The number of aromatic nitrogens is 2. The first-order chi connectivity index (χ1) is 9.78. The average molecular weight is 275 g/mol. The molecule has 2 aromatic heterocycles. The molecule has 106 valence electrons. The van der Waals surface area contributed by atoms with Gasteiger partial charge in [0.1, 0.15) is 18.1 Å². The number of hydrogen-bond acceptors (Lipinski definition) is 5. The number of carbonyl (C=O) groups excluding carboxylic acids is 1. The monoisotopic (exact) mass is 275 g/mol. The molecule has 0 unspecified atom stereocenters. The van der Waals surface area contributed by atoms with Gasteiger partial charge in [-0.25, -0.2) is 0 Å². The second kappa shape index (κ2) is 5.48. The summed E-state index contributed by atoms with van der Waals surface area (Å²) < 4.78 is 10.2. The van der Waals surface area contributed by atoms with Crippen molar-refractivity contribution in [2.24, 2.45) is 0 Å². The number of carbonyl (C=O) groups is 1. The highest BCUT2D eigenvalue weighted by Crippen LogP contribution is 2.35. The molecule has 20 heavy (non-hydrogen) atoms. The molecule has 2 heterocycles. The Morgan fingerprint density at radius 2 is 2.20 bits per heavy atom. The largest absolute Gasteiger partial charge is 0.432 e. The van der Waals surface area contributed by atoms with Crippen LogP contribution in [0.4, 0.5) is 6.01 Å². The van der Waals surface area contributed by atoms with Crippen LogP contribution in [0.1, 0.15) is 60.3 Å². The second-order valence-corrected chi connectivity index (χ2v) is 5.05. The number of hydrogen-bond donors (Lipinski definition) is 1. The predicted molar refractivity (Wildman–Crippen MR) is 71.5 cm³/mol. The van der Waals surface area contributed by atoms with Gasteiger partial charge in [0.15, 0.2) is 0 Å². The van der Waals surface area contributed by atoms with E-state index in [-0.39, 0.29) is 11.9 Å². The van der Waals surface area contributed by atoms with Crippen molar-refractivity contribution >= 4 is 11.9 Å². The van der Waals surface area contributed by atoms with E-state index in [1.165, 1.54) is 19.1 Å². The number of nitrogens with zero attached hydrogens (tertiary/aromatic N) is 2. The van der Waals surface area contributed by atoms with Gasteiger partial charge in [-0.2, -0.15) is 4.98 Å². The van der Waals surface area contributed by atoms with Gasteiger partial charge in [0.25, 0.3) is 5.91 Å². The smallest absolute Gasteiger partial charge is 0.301 e. The van der Waals surface area contributed by atoms with Gasteiger partial charge in [-0.3, -0.25) is 10.1 Å². The van der Waals surface area contributed by atoms with Gasteiger partial charge >= 0.3 is 6.01 Å². The maximum absolute atomic E-state index is 12.2. The fraction of sp³-hybridized carbons (Fsp3) is 0.500. The minimum Gasteiger partial charge on any atom is -0.432 e. The Hall–Kier alpha value is -2.11. The molecule has 1 fully saturated rings. The molecule has 1 N–H and O–H groups in total. The fourth-order valence-electron chi connectivity index (χ4n) is 2.60. The van der Waals surface area contributed by atoms with E-state index >= 15 is 0 Å². The second-order valence-electron chi connectivity index (χ2n) is 5.05. The number of amides is 1. The summed E-state index contributed by atoms with van der Waals surface area (Å²) in [4.78, 5) is 16.4. The van der Waals surface area contributed by atoms with Gasteiger partial charge in [-0.05, 0) is 19.3 Å². The summed E-state index contributed by atoms with van der Waals surface area (Å²) in [5.74, 6) is 0.0444. The van der Waals surface area contributed by atoms with Gasteiger partial charge in [-0.1, -0.05) is 24.9 Å². The number of rotatable bonds is 4. The van der Waals surface area contributed by atoms with E-state index in [1.54, 1.807) is 6.26 Å². The van der Waals surface area contributed by atoms with Crippen LogP contribution in [0.5, 0.6) is 0 Å². The molecule has 1 amide bonds. The first-order valence-corrected chi connectivity index (χ1v) is 6.98.